The van der Waals surface area contributed by atoms with Crippen LogP contribution in [0.15, 0.2) is 12.1 Å². The predicted octanol–water partition coefficient (Wildman–Crippen LogP) is 2.90. The van der Waals surface area contributed by atoms with Crippen LogP contribution in [0.5, 0.6) is 5.75 Å². The Hall–Kier alpha value is -1.16. The molecule has 1 aromatic carbocycles. The monoisotopic (exact) mass is 229 g/mol. The Bertz CT molecular complexity index is 332. The largest absolute Gasteiger partial charge is 0.503 e. The molecule has 0 aliphatic carbocycles. The van der Waals surface area contributed by atoms with Crippen LogP contribution in [0, 0.1) is 11.6 Å². The average molecular weight is 229 g/mol. The Balaban J connectivity index is 2.80. The van der Waals surface area contributed by atoms with Crippen molar-refractivity contribution in [2.45, 2.75) is 26.8 Å². The van der Waals surface area contributed by atoms with E-state index in [0.717, 1.165) is 19.5 Å². The summed E-state index contributed by atoms with van der Waals surface area (Å²) in [6, 6.07) is 2.35. The number of rotatable bonds is 5. The molecule has 0 bridgehead atoms. The number of hydrogen-bond acceptors (Lipinski definition) is 2. The summed E-state index contributed by atoms with van der Waals surface area (Å²) in [7, 11) is 0. The minimum Gasteiger partial charge on any atom is -0.503 e. The number of benzene rings is 1. The molecule has 0 spiro atoms. The second-order valence-electron chi connectivity index (χ2n) is 3.78. The molecule has 0 aliphatic rings. The van der Waals surface area contributed by atoms with E-state index in [1.165, 1.54) is 12.1 Å². The highest BCUT2D eigenvalue weighted by molar-refractivity contribution is 5.29. The van der Waals surface area contributed by atoms with Crippen molar-refractivity contribution in [3.63, 3.8) is 0 Å². The van der Waals surface area contributed by atoms with E-state index in [9.17, 15) is 8.78 Å². The lowest BCUT2D eigenvalue weighted by Crippen LogP contribution is -2.23. The molecule has 0 aromatic heterocycles. The number of aromatic hydroxyl groups is 1. The lowest BCUT2D eigenvalue weighted by atomic mass is 10.2. The smallest absolute Gasteiger partial charge is 0.187 e. The molecule has 0 aliphatic heterocycles. The standard InChI is InChI=1S/C12H17F2NO/c1-3-5-15(4-2)8-9-6-10(13)12(16)11(14)7-9/h6-7,16H,3-5,8H2,1-2H3. The van der Waals surface area contributed by atoms with Gasteiger partial charge in [0.2, 0.25) is 0 Å². The van der Waals surface area contributed by atoms with Crippen molar-refractivity contribution in [3.8, 4) is 5.75 Å². The Morgan fingerprint density at radius 2 is 1.75 bits per heavy atom. The first-order chi connectivity index (χ1) is 7.58. The third-order valence-corrected chi connectivity index (χ3v) is 2.47. The molecule has 90 valence electrons. The van der Waals surface area contributed by atoms with E-state index >= 15 is 0 Å². The fourth-order valence-electron chi connectivity index (χ4n) is 1.63. The predicted molar refractivity (Wildman–Crippen MR) is 59.3 cm³/mol. The van der Waals surface area contributed by atoms with Crippen molar-refractivity contribution < 1.29 is 13.9 Å². The molecule has 16 heavy (non-hydrogen) atoms. The molecule has 0 radical (unpaired) electrons. The Morgan fingerprint density at radius 3 is 2.19 bits per heavy atom. The molecular weight excluding hydrogens is 212 g/mol. The van der Waals surface area contributed by atoms with Crippen LogP contribution in [0.1, 0.15) is 25.8 Å². The van der Waals surface area contributed by atoms with Gasteiger partial charge in [-0.25, -0.2) is 8.78 Å². The normalized spacial score (nSPS) is 11.1. The van der Waals surface area contributed by atoms with E-state index in [2.05, 4.69) is 11.8 Å². The number of phenolic OH excluding ortho intramolecular Hbond substituents is 1. The number of hydrogen-bond donors (Lipinski definition) is 1. The molecule has 2 nitrogen and oxygen atoms in total. The summed E-state index contributed by atoms with van der Waals surface area (Å²) in [6.45, 7) is 6.28. The van der Waals surface area contributed by atoms with E-state index in [4.69, 9.17) is 5.11 Å². The molecule has 0 fully saturated rings. The fraction of sp³-hybridized carbons (Fsp3) is 0.500. The molecule has 0 saturated heterocycles. The first-order valence-corrected chi connectivity index (χ1v) is 5.47. The first kappa shape index (κ1) is 12.9. The van der Waals surface area contributed by atoms with Crippen LogP contribution in [-0.4, -0.2) is 23.1 Å². The van der Waals surface area contributed by atoms with Gasteiger partial charge in [0.15, 0.2) is 17.4 Å². The molecule has 4 heteroatoms. The van der Waals surface area contributed by atoms with Gasteiger partial charge in [-0.3, -0.25) is 4.90 Å². The van der Waals surface area contributed by atoms with E-state index in [-0.39, 0.29) is 0 Å². The van der Waals surface area contributed by atoms with E-state index in [1.807, 2.05) is 6.92 Å². The molecule has 0 amide bonds. The Morgan fingerprint density at radius 1 is 1.19 bits per heavy atom. The van der Waals surface area contributed by atoms with Gasteiger partial charge in [-0.05, 0) is 37.2 Å². The van der Waals surface area contributed by atoms with Gasteiger partial charge < -0.3 is 5.11 Å². The third-order valence-electron chi connectivity index (χ3n) is 2.47. The highest BCUT2D eigenvalue weighted by Gasteiger charge is 2.11. The van der Waals surface area contributed by atoms with Crippen molar-refractivity contribution in [1.82, 2.24) is 4.90 Å². The first-order valence-electron chi connectivity index (χ1n) is 5.47. The maximum Gasteiger partial charge on any atom is 0.187 e. The summed E-state index contributed by atoms with van der Waals surface area (Å²) < 4.78 is 26.1. The van der Waals surface area contributed by atoms with Crippen LogP contribution in [0.3, 0.4) is 0 Å². The summed E-state index contributed by atoms with van der Waals surface area (Å²) in [4.78, 5) is 2.09. The van der Waals surface area contributed by atoms with Crippen molar-refractivity contribution >= 4 is 0 Å². The molecule has 0 heterocycles. The van der Waals surface area contributed by atoms with Crippen LogP contribution in [-0.2, 0) is 6.54 Å². The molecule has 1 aromatic rings. The molecule has 1 N–H and O–H groups in total. The zero-order chi connectivity index (χ0) is 12.1. The topological polar surface area (TPSA) is 23.5 Å². The van der Waals surface area contributed by atoms with Crippen molar-refractivity contribution in [2.75, 3.05) is 13.1 Å². The van der Waals surface area contributed by atoms with E-state index in [0.29, 0.717) is 12.1 Å². The molecule has 0 atom stereocenters. The maximum absolute atomic E-state index is 13.1. The molecular formula is C12H17F2NO. The minimum absolute atomic E-state index is 0.498. The zero-order valence-electron chi connectivity index (χ0n) is 9.63. The second kappa shape index (κ2) is 5.80. The van der Waals surface area contributed by atoms with Crippen LogP contribution in [0.25, 0.3) is 0 Å². The number of nitrogens with zero attached hydrogens (tertiary/aromatic N) is 1. The van der Waals surface area contributed by atoms with Gasteiger partial charge in [0.1, 0.15) is 0 Å². The van der Waals surface area contributed by atoms with Gasteiger partial charge in [0, 0.05) is 6.54 Å². The summed E-state index contributed by atoms with van der Waals surface area (Å²) in [5, 5.41) is 8.96. The maximum atomic E-state index is 13.1. The van der Waals surface area contributed by atoms with Crippen LogP contribution in [0.2, 0.25) is 0 Å². The molecule has 0 unspecified atom stereocenters. The van der Waals surface area contributed by atoms with Crippen molar-refractivity contribution in [3.05, 3.63) is 29.3 Å². The van der Waals surface area contributed by atoms with E-state index in [1.54, 1.807) is 0 Å². The van der Waals surface area contributed by atoms with Gasteiger partial charge in [0.05, 0.1) is 0 Å². The Labute approximate surface area is 94.5 Å². The zero-order valence-corrected chi connectivity index (χ0v) is 9.63. The van der Waals surface area contributed by atoms with E-state index < -0.39 is 17.4 Å². The Kier molecular flexibility index (Phi) is 4.68. The van der Waals surface area contributed by atoms with Crippen LogP contribution in [0.4, 0.5) is 8.78 Å². The second-order valence-corrected chi connectivity index (χ2v) is 3.78. The summed E-state index contributed by atoms with van der Waals surface area (Å²) in [6.07, 6.45) is 0.997. The van der Waals surface area contributed by atoms with Crippen molar-refractivity contribution in [1.29, 1.82) is 0 Å². The molecule has 1 rings (SSSR count). The lowest BCUT2D eigenvalue weighted by molar-refractivity contribution is 0.279. The summed E-state index contributed by atoms with van der Waals surface area (Å²) >= 11 is 0. The van der Waals surface area contributed by atoms with Gasteiger partial charge in [-0.1, -0.05) is 13.8 Å². The number of halogens is 2. The minimum atomic E-state index is -0.901. The number of phenols is 1. The van der Waals surface area contributed by atoms with Crippen LogP contribution >= 0.6 is 0 Å². The van der Waals surface area contributed by atoms with Gasteiger partial charge >= 0.3 is 0 Å². The van der Waals surface area contributed by atoms with Gasteiger partial charge in [-0.15, -0.1) is 0 Å². The van der Waals surface area contributed by atoms with Crippen LogP contribution < -0.4 is 0 Å². The highest BCUT2D eigenvalue weighted by Crippen LogP contribution is 2.22. The quantitative estimate of drug-likeness (QED) is 0.839. The fourth-order valence-corrected chi connectivity index (χ4v) is 1.63. The third kappa shape index (κ3) is 3.17. The summed E-state index contributed by atoms with van der Waals surface area (Å²) in [5.41, 5.74) is 0.545. The van der Waals surface area contributed by atoms with Gasteiger partial charge in [-0.2, -0.15) is 0 Å². The average Bonchev–Trinajstić information content (AvgIpc) is 2.25. The highest BCUT2D eigenvalue weighted by atomic mass is 19.1. The van der Waals surface area contributed by atoms with Crippen molar-refractivity contribution in [2.24, 2.45) is 0 Å². The molecule has 0 saturated carbocycles. The summed E-state index contributed by atoms with van der Waals surface area (Å²) in [5.74, 6) is -2.70. The lowest BCUT2D eigenvalue weighted by Gasteiger charge is -2.19. The van der Waals surface area contributed by atoms with Gasteiger partial charge in [0.25, 0.3) is 0 Å². The SMILES string of the molecule is CCCN(CC)Cc1cc(F)c(O)c(F)c1.